The first-order chi connectivity index (χ1) is 11.3. The van der Waals surface area contributed by atoms with Crippen LogP contribution in [0.4, 0.5) is 0 Å². The first-order valence-corrected chi connectivity index (χ1v) is 9.24. The molecule has 0 bridgehead atoms. The Hall–Kier alpha value is -0.340. The Bertz CT molecular complexity index is 381. The van der Waals surface area contributed by atoms with E-state index in [1.165, 1.54) is 19.3 Å². The van der Waals surface area contributed by atoms with Crippen LogP contribution in [-0.4, -0.2) is 63.3 Å². The molecule has 6 heteroatoms. The quantitative estimate of drug-likeness (QED) is 0.271. The number of rotatable bonds is 7. The van der Waals surface area contributed by atoms with E-state index in [0.717, 1.165) is 58.1 Å². The summed E-state index contributed by atoms with van der Waals surface area (Å²) in [5.74, 6) is 1.68. The van der Waals surface area contributed by atoms with E-state index in [1.54, 1.807) is 0 Å². The fourth-order valence-corrected chi connectivity index (χ4v) is 3.29. The van der Waals surface area contributed by atoms with Gasteiger partial charge in [-0.1, -0.05) is 12.2 Å². The fraction of sp³-hybridized carbons (Fsp3) is 0.833. The van der Waals surface area contributed by atoms with Crippen LogP contribution in [0.1, 0.15) is 39.0 Å². The van der Waals surface area contributed by atoms with Crippen molar-refractivity contribution in [2.75, 3.05) is 46.4 Å². The normalized spacial score (nSPS) is 22.9. The highest BCUT2D eigenvalue weighted by molar-refractivity contribution is 14.0. The topological polar surface area (TPSA) is 48.9 Å². The van der Waals surface area contributed by atoms with Crippen LogP contribution in [0.25, 0.3) is 0 Å². The predicted molar refractivity (Wildman–Crippen MR) is 112 cm³/mol. The van der Waals surface area contributed by atoms with Crippen molar-refractivity contribution < 1.29 is 4.74 Å². The largest absolute Gasteiger partial charge is 0.381 e. The predicted octanol–water partition coefficient (Wildman–Crippen LogP) is 2.63. The second-order valence-corrected chi connectivity index (χ2v) is 6.57. The van der Waals surface area contributed by atoms with Crippen molar-refractivity contribution >= 4 is 29.9 Å². The van der Waals surface area contributed by atoms with Crippen molar-refractivity contribution in [1.29, 1.82) is 0 Å². The van der Waals surface area contributed by atoms with E-state index in [0.29, 0.717) is 12.0 Å². The lowest BCUT2D eigenvalue weighted by Crippen LogP contribution is -2.44. The smallest absolute Gasteiger partial charge is 0.191 e. The summed E-state index contributed by atoms with van der Waals surface area (Å²) in [5, 5.41) is 6.84. The number of nitrogens with one attached hydrogen (secondary N) is 2. The van der Waals surface area contributed by atoms with Crippen LogP contribution in [0.15, 0.2) is 17.1 Å². The van der Waals surface area contributed by atoms with Gasteiger partial charge in [-0.3, -0.25) is 4.99 Å². The standard InChI is InChI=1S/C18H34N4O.HI/c1-3-19-18(21-15-16-7-5-4-6-8-16)20-11-14-22-12-9-17(23-2)10-13-22;/h4-5,16-17H,3,6-15H2,1-2H3,(H2,19,20,21);1H. The first-order valence-electron chi connectivity index (χ1n) is 9.24. The molecule has 2 rings (SSSR count). The van der Waals surface area contributed by atoms with E-state index in [9.17, 15) is 0 Å². The van der Waals surface area contributed by atoms with Gasteiger partial charge in [0.15, 0.2) is 5.96 Å². The van der Waals surface area contributed by atoms with Gasteiger partial charge in [-0.15, -0.1) is 24.0 Å². The van der Waals surface area contributed by atoms with E-state index in [1.807, 2.05) is 7.11 Å². The highest BCUT2D eigenvalue weighted by atomic mass is 127. The fourth-order valence-electron chi connectivity index (χ4n) is 3.29. The number of guanidine groups is 1. The molecule has 1 unspecified atom stereocenters. The van der Waals surface area contributed by atoms with E-state index in [2.05, 4.69) is 34.6 Å². The molecule has 0 saturated carbocycles. The van der Waals surface area contributed by atoms with Crippen molar-refractivity contribution in [3.63, 3.8) is 0 Å². The molecule has 0 aromatic heterocycles. The third-order valence-corrected chi connectivity index (χ3v) is 4.82. The van der Waals surface area contributed by atoms with Gasteiger partial charge < -0.3 is 20.3 Å². The average molecular weight is 450 g/mol. The van der Waals surface area contributed by atoms with E-state index in [4.69, 9.17) is 9.73 Å². The summed E-state index contributed by atoms with van der Waals surface area (Å²) >= 11 is 0. The van der Waals surface area contributed by atoms with Crippen LogP contribution in [0.2, 0.25) is 0 Å². The van der Waals surface area contributed by atoms with Crippen LogP contribution < -0.4 is 10.6 Å². The van der Waals surface area contributed by atoms with Crippen LogP contribution >= 0.6 is 24.0 Å². The summed E-state index contributed by atoms with van der Waals surface area (Å²) in [7, 11) is 1.82. The second-order valence-electron chi connectivity index (χ2n) is 6.57. The minimum Gasteiger partial charge on any atom is -0.381 e. The molecule has 5 nitrogen and oxygen atoms in total. The van der Waals surface area contributed by atoms with Gasteiger partial charge in [0.25, 0.3) is 0 Å². The summed E-state index contributed by atoms with van der Waals surface area (Å²) in [4.78, 5) is 7.28. The minimum atomic E-state index is 0. The summed E-state index contributed by atoms with van der Waals surface area (Å²) in [5.41, 5.74) is 0. The molecule has 1 fully saturated rings. The molecule has 1 aliphatic carbocycles. The molecular formula is C18H35IN4O. The van der Waals surface area contributed by atoms with E-state index in [-0.39, 0.29) is 24.0 Å². The molecule has 1 atom stereocenters. The molecular weight excluding hydrogens is 415 g/mol. The molecule has 1 saturated heterocycles. The van der Waals surface area contributed by atoms with E-state index >= 15 is 0 Å². The molecule has 2 N–H and O–H groups in total. The van der Waals surface area contributed by atoms with Crippen molar-refractivity contribution in [3.05, 3.63) is 12.2 Å². The number of aliphatic imine (C=N–C) groups is 1. The number of methoxy groups -OCH3 is 1. The molecule has 0 radical (unpaired) electrons. The summed E-state index contributed by atoms with van der Waals surface area (Å²) in [6, 6.07) is 0. The van der Waals surface area contributed by atoms with Gasteiger partial charge in [-0.25, -0.2) is 0 Å². The Balaban J connectivity index is 0.00000288. The Kier molecular flexibility index (Phi) is 11.7. The minimum absolute atomic E-state index is 0. The van der Waals surface area contributed by atoms with Crippen molar-refractivity contribution in [3.8, 4) is 0 Å². The molecule has 0 amide bonds. The molecule has 0 aromatic carbocycles. The first kappa shape index (κ1) is 21.7. The lowest BCUT2D eigenvalue weighted by atomic mass is 9.95. The summed E-state index contributed by atoms with van der Waals surface area (Å²) < 4.78 is 5.43. The number of hydrogen-bond acceptors (Lipinski definition) is 3. The van der Waals surface area contributed by atoms with Crippen LogP contribution in [0.5, 0.6) is 0 Å². The van der Waals surface area contributed by atoms with Gasteiger partial charge in [-0.05, 0) is 44.9 Å². The highest BCUT2D eigenvalue weighted by Crippen LogP contribution is 2.18. The lowest BCUT2D eigenvalue weighted by molar-refractivity contribution is 0.0417. The molecule has 0 spiro atoms. The number of piperidine rings is 1. The lowest BCUT2D eigenvalue weighted by Gasteiger charge is -2.31. The molecule has 2 aliphatic rings. The maximum atomic E-state index is 5.43. The maximum Gasteiger partial charge on any atom is 0.191 e. The maximum absolute atomic E-state index is 5.43. The number of ether oxygens (including phenoxy) is 1. The summed E-state index contributed by atoms with van der Waals surface area (Å²) in [6.45, 7) is 8.27. The van der Waals surface area contributed by atoms with Crippen LogP contribution in [0.3, 0.4) is 0 Å². The molecule has 1 heterocycles. The number of halogens is 1. The molecule has 0 aromatic rings. The molecule has 140 valence electrons. The van der Waals surface area contributed by atoms with Gasteiger partial charge >= 0.3 is 0 Å². The zero-order chi connectivity index (χ0) is 16.3. The van der Waals surface area contributed by atoms with Gasteiger partial charge in [0.2, 0.25) is 0 Å². The van der Waals surface area contributed by atoms with Gasteiger partial charge in [0.05, 0.1) is 6.10 Å². The van der Waals surface area contributed by atoms with Crippen molar-refractivity contribution in [2.45, 2.75) is 45.1 Å². The second kappa shape index (κ2) is 12.9. The average Bonchev–Trinajstić information content (AvgIpc) is 2.61. The van der Waals surface area contributed by atoms with Gasteiger partial charge in [0, 0.05) is 46.4 Å². The van der Waals surface area contributed by atoms with Crippen LogP contribution in [0, 0.1) is 5.92 Å². The number of allylic oxidation sites excluding steroid dienone is 2. The highest BCUT2D eigenvalue weighted by Gasteiger charge is 2.18. The Morgan fingerprint density at radius 1 is 1.21 bits per heavy atom. The van der Waals surface area contributed by atoms with Gasteiger partial charge in [-0.2, -0.15) is 0 Å². The Labute approximate surface area is 164 Å². The monoisotopic (exact) mass is 450 g/mol. The third kappa shape index (κ3) is 8.16. The van der Waals surface area contributed by atoms with Crippen molar-refractivity contribution in [2.24, 2.45) is 10.9 Å². The SMILES string of the molecule is CCNC(=NCC1CC=CCC1)NCCN1CCC(OC)CC1.I. The number of likely N-dealkylation sites (tertiary alicyclic amines) is 1. The third-order valence-electron chi connectivity index (χ3n) is 4.82. The van der Waals surface area contributed by atoms with Gasteiger partial charge in [0.1, 0.15) is 0 Å². The number of hydrogen-bond donors (Lipinski definition) is 2. The zero-order valence-electron chi connectivity index (χ0n) is 15.3. The van der Waals surface area contributed by atoms with Crippen molar-refractivity contribution in [1.82, 2.24) is 15.5 Å². The summed E-state index contributed by atoms with van der Waals surface area (Å²) in [6.07, 6.45) is 11.0. The van der Waals surface area contributed by atoms with Crippen LogP contribution in [-0.2, 0) is 4.74 Å². The van der Waals surface area contributed by atoms with E-state index < -0.39 is 0 Å². The molecule has 24 heavy (non-hydrogen) atoms. The number of nitrogens with zero attached hydrogens (tertiary/aromatic N) is 2. The zero-order valence-corrected chi connectivity index (χ0v) is 17.6. The molecule has 1 aliphatic heterocycles. The Morgan fingerprint density at radius 2 is 2.00 bits per heavy atom. The Morgan fingerprint density at radius 3 is 2.62 bits per heavy atom.